The van der Waals surface area contributed by atoms with Crippen LogP contribution in [0.4, 0.5) is 0 Å². The Labute approximate surface area is 271 Å². The van der Waals surface area contributed by atoms with E-state index in [2.05, 4.69) is 11.8 Å². The molecule has 13 atom stereocenters. The zero-order valence-corrected chi connectivity index (χ0v) is 27.8. The quantitative estimate of drug-likeness (QED) is 0.303. The summed E-state index contributed by atoms with van der Waals surface area (Å²) in [5.74, 6) is -1.93. The number of fused-ring (bicyclic) bond motifs is 2. The van der Waals surface area contributed by atoms with Gasteiger partial charge in [-0.1, -0.05) is 37.3 Å². The minimum absolute atomic E-state index is 0.0159. The minimum Gasteiger partial charge on any atom is -0.458 e. The van der Waals surface area contributed by atoms with Gasteiger partial charge in [-0.15, -0.1) is 0 Å². The largest absolute Gasteiger partial charge is 0.458 e. The van der Waals surface area contributed by atoms with E-state index in [0.29, 0.717) is 13.0 Å². The molecular weight excluding hydrogens is 590 g/mol. The van der Waals surface area contributed by atoms with Gasteiger partial charge >= 0.3 is 11.9 Å². The Hall–Kier alpha value is -2.34. The second kappa shape index (κ2) is 11.4. The Balaban J connectivity index is 1.43. The monoisotopic (exact) mass is 639 g/mol. The molecule has 6 aliphatic rings. The highest BCUT2D eigenvalue weighted by molar-refractivity contribution is 5.87. The summed E-state index contributed by atoms with van der Waals surface area (Å²) in [5.41, 5.74) is -2.45. The number of methoxy groups -OCH3 is 4. The fraction of sp³-hybridized carbons (Fsp3) is 0.722. The van der Waals surface area contributed by atoms with E-state index >= 15 is 0 Å². The molecule has 1 spiro atoms. The lowest BCUT2D eigenvalue weighted by atomic mass is 9.43. The van der Waals surface area contributed by atoms with Crippen molar-refractivity contribution in [3.05, 3.63) is 42.0 Å². The summed E-state index contributed by atoms with van der Waals surface area (Å²) in [7, 11) is 6.89. The van der Waals surface area contributed by atoms with Crippen LogP contribution < -0.4 is 0 Å². The van der Waals surface area contributed by atoms with Gasteiger partial charge in [-0.2, -0.15) is 0 Å². The average molecular weight is 640 g/mol. The van der Waals surface area contributed by atoms with E-state index in [-0.39, 0.29) is 47.8 Å². The van der Waals surface area contributed by atoms with Crippen LogP contribution in [0.1, 0.15) is 45.1 Å². The first-order chi connectivity index (χ1) is 22.1. The Morgan fingerprint density at radius 2 is 1.76 bits per heavy atom. The van der Waals surface area contributed by atoms with Crippen molar-refractivity contribution in [2.24, 2.45) is 34.5 Å². The third-order valence-corrected chi connectivity index (χ3v) is 13.2. The number of nitrogens with zero attached hydrogens (tertiary/aromatic N) is 1. The molecule has 5 aliphatic carbocycles. The molecular formula is C36H49NO9. The molecule has 0 amide bonds. The van der Waals surface area contributed by atoms with Crippen molar-refractivity contribution >= 4 is 18.0 Å². The van der Waals surface area contributed by atoms with Crippen LogP contribution in [0, 0.1) is 34.5 Å². The van der Waals surface area contributed by atoms with E-state index in [1.165, 1.54) is 13.0 Å². The van der Waals surface area contributed by atoms with E-state index < -0.39 is 46.7 Å². The third kappa shape index (κ3) is 4.03. The number of likely N-dealkylation sites (tertiary alicyclic amines) is 1. The van der Waals surface area contributed by atoms with Gasteiger partial charge in [-0.25, -0.2) is 4.79 Å². The topological polar surface area (TPSA) is 113 Å². The standard InChI is InChI=1S/C36H49NO9/c1-7-37-19-33(20-41-3)16-15-24(42-4)36-23-17-34(40)25(43-5)18-35(46-21(2)38,28(31(36)37)29(44-6)30(33)36)27(23)32(34)45-26(39)14-13-22-11-9-8-10-12-22/h8-14,23-25,27-32,40H,7,15-20H2,1-6H3. The van der Waals surface area contributed by atoms with Crippen LogP contribution in [-0.4, -0.2) is 112 Å². The van der Waals surface area contributed by atoms with Crippen LogP contribution in [0.5, 0.6) is 0 Å². The normalized spacial score (nSPS) is 46.8. The molecule has 46 heavy (non-hydrogen) atoms. The maximum Gasteiger partial charge on any atom is 0.331 e. The minimum atomic E-state index is -1.49. The highest BCUT2D eigenvalue weighted by atomic mass is 16.6. The number of ether oxygens (including phenoxy) is 6. The number of rotatable bonds is 10. The number of piperidine rings is 1. The summed E-state index contributed by atoms with van der Waals surface area (Å²) in [5, 5.41) is 12.8. The lowest BCUT2D eigenvalue weighted by Gasteiger charge is -2.69. The van der Waals surface area contributed by atoms with Gasteiger partial charge in [0, 0.05) is 89.0 Å². The van der Waals surface area contributed by atoms with Gasteiger partial charge < -0.3 is 33.5 Å². The number of hydrogen-bond acceptors (Lipinski definition) is 10. The lowest BCUT2D eigenvalue weighted by molar-refractivity contribution is -0.289. The Morgan fingerprint density at radius 3 is 2.39 bits per heavy atom. The van der Waals surface area contributed by atoms with Crippen molar-refractivity contribution in [2.75, 3.05) is 48.1 Å². The Bertz CT molecular complexity index is 1370. The second-order valence-electron chi connectivity index (χ2n) is 14.7. The van der Waals surface area contributed by atoms with Crippen molar-refractivity contribution < 1.29 is 43.1 Å². The maximum atomic E-state index is 13.6. The molecule has 5 saturated carbocycles. The van der Waals surface area contributed by atoms with Gasteiger partial charge in [0.05, 0.1) is 24.9 Å². The molecule has 7 rings (SSSR count). The summed E-state index contributed by atoms with van der Waals surface area (Å²) in [6.45, 7) is 5.83. The first-order valence-electron chi connectivity index (χ1n) is 16.8. The Kier molecular flexibility index (Phi) is 7.97. The molecule has 252 valence electrons. The zero-order chi connectivity index (χ0) is 32.6. The average Bonchev–Trinajstić information content (AvgIpc) is 3.42. The molecule has 13 unspecified atom stereocenters. The Morgan fingerprint density at radius 1 is 1.02 bits per heavy atom. The molecule has 1 saturated heterocycles. The molecule has 6 fully saturated rings. The van der Waals surface area contributed by atoms with Crippen molar-refractivity contribution in [3.8, 4) is 0 Å². The summed E-state index contributed by atoms with van der Waals surface area (Å²) in [4.78, 5) is 29.4. The number of esters is 2. The number of benzene rings is 1. The molecule has 7 bridgehead atoms. The lowest BCUT2D eigenvalue weighted by Crippen LogP contribution is -2.77. The summed E-state index contributed by atoms with van der Waals surface area (Å²) >= 11 is 0. The maximum absolute atomic E-state index is 13.6. The van der Waals surface area contributed by atoms with Crippen LogP contribution in [0.2, 0.25) is 0 Å². The van der Waals surface area contributed by atoms with Crippen molar-refractivity contribution in [3.63, 3.8) is 0 Å². The van der Waals surface area contributed by atoms with Gasteiger partial charge in [-0.3, -0.25) is 9.69 Å². The summed E-state index contributed by atoms with van der Waals surface area (Å²) in [6, 6.07) is 9.49. The molecule has 10 heteroatoms. The van der Waals surface area contributed by atoms with Crippen molar-refractivity contribution in [1.29, 1.82) is 0 Å². The molecule has 1 aromatic rings. The van der Waals surface area contributed by atoms with Gasteiger partial charge in [0.15, 0.2) is 0 Å². The molecule has 10 nitrogen and oxygen atoms in total. The van der Waals surface area contributed by atoms with E-state index in [1.54, 1.807) is 34.5 Å². The van der Waals surface area contributed by atoms with Gasteiger partial charge in [0.1, 0.15) is 17.3 Å². The number of carbonyl (C=O) groups is 2. The molecule has 0 radical (unpaired) electrons. The predicted molar refractivity (Wildman–Crippen MR) is 167 cm³/mol. The predicted octanol–water partition coefficient (Wildman–Crippen LogP) is 3.11. The number of hydrogen-bond donors (Lipinski definition) is 1. The van der Waals surface area contributed by atoms with Gasteiger partial charge in [-0.05, 0) is 43.4 Å². The van der Waals surface area contributed by atoms with Crippen LogP contribution in [0.15, 0.2) is 36.4 Å². The molecule has 0 aromatic heterocycles. The molecule has 1 aromatic carbocycles. The van der Waals surface area contributed by atoms with E-state index in [4.69, 9.17) is 28.4 Å². The fourth-order valence-corrected chi connectivity index (χ4v) is 12.4. The van der Waals surface area contributed by atoms with Crippen LogP contribution >= 0.6 is 0 Å². The highest BCUT2D eigenvalue weighted by Crippen LogP contribution is 2.80. The highest BCUT2D eigenvalue weighted by Gasteiger charge is 2.89. The van der Waals surface area contributed by atoms with Crippen LogP contribution in [0.25, 0.3) is 6.08 Å². The number of carbonyl (C=O) groups excluding carboxylic acids is 2. The zero-order valence-electron chi connectivity index (χ0n) is 27.8. The second-order valence-corrected chi connectivity index (χ2v) is 14.7. The molecule has 1 N–H and O–H groups in total. The summed E-state index contributed by atoms with van der Waals surface area (Å²) < 4.78 is 38.2. The van der Waals surface area contributed by atoms with Gasteiger partial charge in [0.25, 0.3) is 0 Å². The smallest absolute Gasteiger partial charge is 0.331 e. The van der Waals surface area contributed by atoms with Gasteiger partial charge in [0.2, 0.25) is 0 Å². The van der Waals surface area contributed by atoms with E-state index in [1.807, 2.05) is 30.3 Å². The van der Waals surface area contributed by atoms with Crippen LogP contribution in [-0.2, 0) is 38.0 Å². The number of aliphatic hydroxyl groups is 1. The SMILES string of the molecule is CCN1CC2(COC)CCC(OC)C34C5CC6(O)C(OC)CC(OC(C)=O)(C5C6OC(=O)C=Cc5ccccc5)C(C(OC)C23)C14. The first kappa shape index (κ1) is 32.2. The van der Waals surface area contributed by atoms with E-state index in [9.17, 15) is 14.7 Å². The summed E-state index contributed by atoms with van der Waals surface area (Å²) in [6.07, 6.45) is 3.36. The van der Waals surface area contributed by atoms with Crippen molar-refractivity contribution in [1.82, 2.24) is 4.90 Å². The first-order valence-corrected chi connectivity index (χ1v) is 16.8. The van der Waals surface area contributed by atoms with Crippen LogP contribution in [0.3, 0.4) is 0 Å². The molecule has 1 aliphatic heterocycles. The fourth-order valence-electron chi connectivity index (χ4n) is 12.4. The molecule has 1 heterocycles. The van der Waals surface area contributed by atoms with E-state index in [0.717, 1.165) is 31.5 Å². The third-order valence-electron chi connectivity index (χ3n) is 13.2. The van der Waals surface area contributed by atoms with Crippen molar-refractivity contribution in [2.45, 2.75) is 81.2 Å².